The third kappa shape index (κ3) is 3.77. The standard InChI is InChI=1S/C23H19N3O4/c1-30-20-13-9-16(10-14-20)21-15-22(17-5-3-2-4-6-17)25(24-21)23(27)18-7-11-19(12-8-18)26(28)29/h2-14,22H,15H2,1H3/t22-/m1/s1. The molecule has 4 rings (SSSR count). The Morgan fingerprint density at radius 1 is 1.03 bits per heavy atom. The van der Waals surface area contributed by atoms with Gasteiger partial charge in [0.1, 0.15) is 5.75 Å². The van der Waals surface area contributed by atoms with E-state index in [4.69, 9.17) is 4.74 Å². The normalized spacial score (nSPS) is 15.6. The van der Waals surface area contributed by atoms with E-state index >= 15 is 0 Å². The van der Waals surface area contributed by atoms with Crippen molar-refractivity contribution in [2.24, 2.45) is 5.10 Å². The SMILES string of the molecule is COc1ccc(C2=NN(C(=O)c3ccc([N+](=O)[O-])cc3)[C@@H](c3ccccc3)C2)cc1. The molecule has 0 aliphatic carbocycles. The first-order chi connectivity index (χ1) is 14.6. The van der Waals surface area contributed by atoms with Crippen LogP contribution >= 0.6 is 0 Å². The molecule has 1 aliphatic rings. The van der Waals surface area contributed by atoms with Gasteiger partial charge in [0.25, 0.3) is 11.6 Å². The quantitative estimate of drug-likeness (QED) is 0.462. The van der Waals surface area contributed by atoms with Crippen LogP contribution in [0.5, 0.6) is 5.75 Å². The minimum absolute atomic E-state index is 0.0602. The lowest BCUT2D eigenvalue weighted by molar-refractivity contribution is -0.384. The maximum atomic E-state index is 13.2. The lowest BCUT2D eigenvalue weighted by atomic mass is 9.98. The summed E-state index contributed by atoms with van der Waals surface area (Å²) < 4.78 is 5.21. The molecule has 150 valence electrons. The lowest BCUT2D eigenvalue weighted by Crippen LogP contribution is -2.27. The number of non-ortho nitro benzene ring substituents is 1. The third-order valence-electron chi connectivity index (χ3n) is 5.05. The van der Waals surface area contributed by atoms with Gasteiger partial charge < -0.3 is 4.74 Å². The Labute approximate surface area is 173 Å². The lowest BCUT2D eigenvalue weighted by Gasteiger charge is -2.22. The predicted octanol–water partition coefficient (Wildman–Crippen LogP) is 4.59. The summed E-state index contributed by atoms with van der Waals surface area (Å²) in [6, 6.07) is 22.6. The highest BCUT2D eigenvalue weighted by Crippen LogP contribution is 2.34. The number of amides is 1. The first-order valence-electron chi connectivity index (χ1n) is 9.41. The number of rotatable bonds is 5. The van der Waals surface area contributed by atoms with Gasteiger partial charge in [0.2, 0.25) is 0 Å². The highest BCUT2D eigenvalue weighted by atomic mass is 16.6. The van der Waals surface area contributed by atoms with Crippen molar-refractivity contribution in [2.75, 3.05) is 7.11 Å². The topological polar surface area (TPSA) is 85.0 Å². The van der Waals surface area contributed by atoms with Crippen molar-refractivity contribution < 1.29 is 14.5 Å². The number of carbonyl (C=O) groups excluding carboxylic acids is 1. The van der Waals surface area contributed by atoms with E-state index in [9.17, 15) is 14.9 Å². The van der Waals surface area contributed by atoms with Crippen LogP contribution < -0.4 is 4.74 Å². The molecule has 7 nitrogen and oxygen atoms in total. The fourth-order valence-corrected chi connectivity index (χ4v) is 3.45. The van der Waals surface area contributed by atoms with Crippen LogP contribution in [0, 0.1) is 10.1 Å². The molecular formula is C23H19N3O4. The molecule has 0 saturated carbocycles. The Hall–Kier alpha value is -4.00. The molecule has 0 radical (unpaired) electrons. The minimum Gasteiger partial charge on any atom is -0.497 e. The average molecular weight is 401 g/mol. The summed E-state index contributed by atoms with van der Waals surface area (Å²) >= 11 is 0. The zero-order chi connectivity index (χ0) is 21.1. The number of nitrogens with zero attached hydrogens (tertiary/aromatic N) is 3. The van der Waals surface area contributed by atoms with E-state index in [0.717, 1.165) is 22.6 Å². The van der Waals surface area contributed by atoms with E-state index < -0.39 is 4.92 Å². The van der Waals surface area contributed by atoms with Crippen molar-refractivity contribution in [3.05, 3.63) is 106 Å². The van der Waals surface area contributed by atoms with Crippen LogP contribution in [-0.4, -0.2) is 28.7 Å². The summed E-state index contributed by atoms with van der Waals surface area (Å²) in [5, 5.41) is 17.0. The van der Waals surface area contributed by atoms with Crippen LogP contribution in [0.4, 0.5) is 5.69 Å². The Balaban J connectivity index is 1.69. The molecule has 0 unspecified atom stereocenters. The number of hydrogen-bond donors (Lipinski definition) is 0. The highest BCUT2D eigenvalue weighted by Gasteiger charge is 2.33. The monoisotopic (exact) mass is 401 g/mol. The summed E-state index contributed by atoms with van der Waals surface area (Å²) in [5.41, 5.74) is 2.97. The molecule has 1 aliphatic heterocycles. The smallest absolute Gasteiger partial charge is 0.274 e. The summed E-state index contributed by atoms with van der Waals surface area (Å²) in [5.74, 6) is 0.443. The zero-order valence-corrected chi connectivity index (χ0v) is 16.3. The van der Waals surface area contributed by atoms with Crippen LogP contribution in [0.1, 0.15) is 33.9 Å². The van der Waals surface area contributed by atoms with Crippen molar-refractivity contribution in [2.45, 2.75) is 12.5 Å². The molecule has 0 spiro atoms. The summed E-state index contributed by atoms with van der Waals surface area (Å²) in [7, 11) is 1.61. The number of ether oxygens (including phenoxy) is 1. The van der Waals surface area contributed by atoms with Crippen molar-refractivity contribution >= 4 is 17.3 Å². The molecule has 0 bridgehead atoms. The maximum Gasteiger partial charge on any atom is 0.274 e. The van der Waals surface area contributed by atoms with Crippen LogP contribution in [0.15, 0.2) is 84.0 Å². The van der Waals surface area contributed by atoms with E-state index in [2.05, 4.69) is 5.10 Å². The van der Waals surface area contributed by atoms with Gasteiger partial charge in [0.05, 0.1) is 23.8 Å². The number of methoxy groups -OCH3 is 1. The third-order valence-corrected chi connectivity index (χ3v) is 5.05. The molecule has 1 amide bonds. The molecule has 30 heavy (non-hydrogen) atoms. The molecule has 0 saturated heterocycles. The van der Waals surface area contributed by atoms with Crippen molar-refractivity contribution in [1.82, 2.24) is 5.01 Å². The van der Waals surface area contributed by atoms with E-state index in [1.54, 1.807) is 7.11 Å². The van der Waals surface area contributed by atoms with Gasteiger partial charge in [-0.05, 0) is 47.5 Å². The molecule has 0 aromatic heterocycles. The first kappa shape index (κ1) is 19.3. The number of nitro benzene ring substituents is 1. The van der Waals surface area contributed by atoms with E-state index in [1.807, 2.05) is 54.6 Å². The van der Waals surface area contributed by atoms with Crippen molar-refractivity contribution in [3.8, 4) is 5.75 Å². The molecule has 0 N–H and O–H groups in total. The van der Waals surface area contributed by atoms with Gasteiger partial charge in [0, 0.05) is 24.1 Å². The van der Waals surface area contributed by atoms with Gasteiger partial charge >= 0.3 is 0 Å². The highest BCUT2D eigenvalue weighted by molar-refractivity contribution is 6.05. The van der Waals surface area contributed by atoms with Crippen LogP contribution in [0.3, 0.4) is 0 Å². The number of nitro groups is 1. The van der Waals surface area contributed by atoms with Gasteiger partial charge in [-0.2, -0.15) is 5.10 Å². The summed E-state index contributed by atoms with van der Waals surface area (Å²) in [6.07, 6.45) is 0.565. The van der Waals surface area contributed by atoms with Gasteiger partial charge in [-0.25, -0.2) is 5.01 Å². The Bertz CT molecular complexity index is 1090. The Morgan fingerprint density at radius 2 is 1.70 bits per heavy atom. The number of hydrazone groups is 1. The van der Waals surface area contributed by atoms with E-state index in [0.29, 0.717) is 12.0 Å². The predicted molar refractivity (Wildman–Crippen MR) is 113 cm³/mol. The zero-order valence-electron chi connectivity index (χ0n) is 16.3. The van der Waals surface area contributed by atoms with Gasteiger partial charge in [-0.15, -0.1) is 0 Å². The molecule has 3 aromatic carbocycles. The van der Waals surface area contributed by atoms with Crippen molar-refractivity contribution in [1.29, 1.82) is 0 Å². The summed E-state index contributed by atoms with van der Waals surface area (Å²) in [6.45, 7) is 0. The molecule has 1 heterocycles. The van der Waals surface area contributed by atoms with E-state index in [-0.39, 0.29) is 17.6 Å². The molecule has 1 atom stereocenters. The van der Waals surface area contributed by atoms with Gasteiger partial charge in [0.15, 0.2) is 0 Å². The van der Waals surface area contributed by atoms with E-state index in [1.165, 1.54) is 29.3 Å². The fourth-order valence-electron chi connectivity index (χ4n) is 3.45. The first-order valence-corrected chi connectivity index (χ1v) is 9.41. The second-order valence-corrected chi connectivity index (χ2v) is 6.86. The second-order valence-electron chi connectivity index (χ2n) is 6.86. The van der Waals surface area contributed by atoms with Crippen LogP contribution in [0.25, 0.3) is 0 Å². The summed E-state index contributed by atoms with van der Waals surface area (Å²) in [4.78, 5) is 23.6. The molecule has 3 aromatic rings. The number of hydrogen-bond acceptors (Lipinski definition) is 5. The molecular weight excluding hydrogens is 382 g/mol. The fraction of sp³-hybridized carbons (Fsp3) is 0.130. The number of benzene rings is 3. The second kappa shape index (κ2) is 8.16. The van der Waals surface area contributed by atoms with Crippen LogP contribution in [-0.2, 0) is 0 Å². The van der Waals surface area contributed by atoms with Gasteiger partial charge in [-0.3, -0.25) is 14.9 Å². The maximum absolute atomic E-state index is 13.2. The molecule has 0 fully saturated rings. The number of carbonyl (C=O) groups is 1. The largest absolute Gasteiger partial charge is 0.497 e. The Kier molecular flexibility index (Phi) is 5.26. The average Bonchev–Trinajstić information content (AvgIpc) is 3.25. The minimum atomic E-state index is -0.489. The molecule has 7 heteroatoms. The van der Waals surface area contributed by atoms with Crippen molar-refractivity contribution in [3.63, 3.8) is 0 Å². The van der Waals surface area contributed by atoms with Crippen LogP contribution in [0.2, 0.25) is 0 Å². The van der Waals surface area contributed by atoms with Gasteiger partial charge in [-0.1, -0.05) is 30.3 Å². The Morgan fingerprint density at radius 3 is 2.30 bits per heavy atom.